The Bertz CT molecular complexity index is 1030. The van der Waals surface area contributed by atoms with Crippen LogP contribution in [0.1, 0.15) is 60.2 Å². The van der Waals surface area contributed by atoms with E-state index in [0.29, 0.717) is 22.2 Å². The van der Waals surface area contributed by atoms with Crippen molar-refractivity contribution in [3.63, 3.8) is 0 Å². The zero-order chi connectivity index (χ0) is 20.9. The molecule has 0 unspecified atom stereocenters. The smallest absolute Gasteiger partial charge is 0.308 e. The second-order valence-electron chi connectivity index (χ2n) is 7.70. The Morgan fingerprint density at radius 1 is 0.967 bits per heavy atom. The Morgan fingerprint density at radius 3 is 2.43 bits per heavy atom. The van der Waals surface area contributed by atoms with Crippen LogP contribution in [0.3, 0.4) is 0 Å². The molecule has 0 radical (unpaired) electrons. The van der Waals surface area contributed by atoms with Crippen LogP contribution in [0.4, 0.5) is 5.69 Å². The lowest BCUT2D eigenvalue weighted by Crippen LogP contribution is -2.12. The largest absolute Gasteiger partial charge is 0.424 e. The van der Waals surface area contributed by atoms with Gasteiger partial charge >= 0.3 is 5.97 Å². The SMILES string of the molecule is CC(=O)Oc1ccccc1NC(=O)c1cc(-c2ccc(C3CCCCC3)cc2)cs1. The number of amides is 1. The van der Waals surface area contributed by atoms with E-state index in [-0.39, 0.29) is 5.91 Å². The van der Waals surface area contributed by atoms with Crippen molar-refractivity contribution in [2.75, 3.05) is 5.32 Å². The molecule has 0 bridgehead atoms. The molecular formula is C25H25NO3S. The number of benzene rings is 2. The van der Waals surface area contributed by atoms with Crippen molar-refractivity contribution in [3.8, 4) is 16.9 Å². The minimum absolute atomic E-state index is 0.218. The quantitative estimate of drug-likeness (QED) is 0.372. The molecule has 1 aliphatic carbocycles. The summed E-state index contributed by atoms with van der Waals surface area (Å²) in [5.74, 6) is 0.388. The number of esters is 1. The van der Waals surface area contributed by atoms with Gasteiger partial charge in [-0.2, -0.15) is 0 Å². The summed E-state index contributed by atoms with van der Waals surface area (Å²) in [6.45, 7) is 1.34. The average Bonchev–Trinajstić information content (AvgIpc) is 3.26. The Hall–Kier alpha value is -2.92. The van der Waals surface area contributed by atoms with Crippen molar-refractivity contribution in [2.45, 2.75) is 44.9 Å². The van der Waals surface area contributed by atoms with E-state index < -0.39 is 5.97 Å². The molecule has 0 atom stereocenters. The maximum Gasteiger partial charge on any atom is 0.308 e. The van der Waals surface area contributed by atoms with Crippen molar-refractivity contribution in [1.29, 1.82) is 0 Å². The van der Waals surface area contributed by atoms with Gasteiger partial charge in [-0.05, 0) is 59.0 Å². The summed E-state index contributed by atoms with van der Waals surface area (Å²) in [6.07, 6.45) is 6.60. The van der Waals surface area contributed by atoms with Crippen LogP contribution in [0.25, 0.3) is 11.1 Å². The molecule has 1 aromatic heterocycles. The molecule has 3 aromatic rings. The Balaban J connectivity index is 1.46. The molecule has 2 aromatic carbocycles. The summed E-state index contributed by atoms with van der Waals surface area (Å²) < 4.78 is 5.17. The van der Waals surface area contributed by atoms with E-state index in [4.69, 9.17) is 4.74 Å². The number of thiophene rings is 1. The predicted octanol–water partition coefficient (Wildman–Crippen LogP) is 6.64. The van der Waals surface area contributed by atoms with E-state index in [0.717, 1.165) is 11.1 Å². The van der Waals surface area contributed by atoms with Crippen LogP contribution in [0.15, 0.2) is 60.0 Å². The molecule has 1 amide bonds. The predicted molar refractivity (Wildman–Crippen MR) is 121 cm³/mol. The van der Waals surface area contributed by atoms with Crippen LogP contribution in [0.2, 0.25) is 0 Å². The van der Waals surface area contributed by atoms with E-state index in [9.17, 15) is 9.59 Å². The number of ether oxygens (including phenoxy) is 1. The highest BCUT2D eigenvalue weighted by atomic mass is 32.1. The number of para-hydroxylation sites is 2. The number of carbonyl (C=O) groups is 2. The van der Waals surface area contributed by atoms with Crippen molar-refractivity contribution < 1.29 is 14.3 Å². The van der Waals surface area contributed by atoms with Crippen molar-refractivity contribution in [2.24, 2.45) is 0 Å². The van der Waals surface area contributed by atoms with E-state index in [1.165, 1.54) is 55.9 Å². The zero-order valence-corrected chi connectivity index (χ0v) is 17.8. The summed E-state index contributed by atoms with van der Waals surface area (Å²) in [4.78, 5) is 24.6. The molecule has 1 heterocycles. The normalized spacial score (nSPS) is 14.3. The van der Waals surface area contributed by atoms with Gasteiger partial charge in [0.2, 0.25) is 0 Å². The number of hydrogen-bond acceptors (Lipinski definition) is 4. The van der Waals surface area contributed by atoms with Gasteiger partial charge in [-0.25, -0.2) is 0 Å². The molecule has 154 valence electrons. The Labute approximate surface area is 180 Å². The average molecular weight is 420 g/mol. The number of rotatable bonds is 5. The van der Waals surface area contributed by atoms with Crippen molar-refractivity contribution in [1.82, 2.24) is 0 Å². The van der Waals surface area contributed by atoms with Gasteiger partial charge in [0.15, 0.2) is 5.75 Å². The molecule has 30 heavy (non-hydrogen) atoms. The number of nitrogens with one attached hydrogen (secondary N) is 1. The molecule has 4 nitrogen and oxygen atoms in total. The first-order valence-corrected chi connectivity index (χ1v) is 11.3. The topological polar surface area (TPSA) is 55.4 Å². The second-order valence-corrected chi connectivity index (χ2v) is 8.61. The van der Waals surface area contributed by atoms with Crippen LogP contribution in [0, 0.1) is 0 Å². The van der Waals surface area contributed by atoms with E-state index in [1.54, 1.807) is 24.3 Å². The summed E-state index contributed by atoms with van der Waals surface area (Å²) in [5, 5.41) is 4.85. The highest BCUT2D eigenvalue weighted by molar-refractivity contribution is 7.12. The maximum atomic E-state index is 12.7. The molecule has 1 N–H and O–H groups in total. The van der Waals surface area contributed by atoms with E-state index in [2.05, 4.69) is 29.6 Å². The highest BCUT2D eigenvalue weighted by Crippen LogP contribution is 2.34. The molecule has 1 fully saturated rings. The molecule has 0 saturated heterocycles. The monoisotopic (exact) mass is 419 g/mol. The first kappa shape index (κ1) is 20.4. The van der Waals surface area contributed by atoms with Crippen molar-refractivity contribution >= 4 is 28.9 Å². The summed E-state index contributed by atoms with van der Waals surface area (Å²) in [7, 11) is 0. The number of anilines is 1. The van der Waals surface area contributed by atoms with Crippen LogP contribution >= 0.6 is 11.3 Å². The standard InChI is InChI=1S/C25H25NO3S/c1-17(27)29-23-10-6-5-9-22(23)26-25(28)24-15-21(16-30-24)20-13-11-19(12-14-20)18-7-3-2-4-8-18/h5-6,9-16,18H,2-4,7-8H2,1H3,(H,26,28). The lowest BCUT2D eigenvalue weighted by atomic mass is 9.84. The molecule has 4 rings (SSSR count). The van der Waals surface area contributed by atoms with Gasteiger partial charge in [-0.3, -0.25) is 9.59 Å². The van der Waals surface area contributed by atoms with Crippen LogP contribution < -0.4 is 10.1 Å². The van der Waals surface area contributed by atoms with Gasteiger partial charge in [-0.1, -0.05) is 55.7 Å². The Kier molecular flexibility index (Phi) is 6.29. The van der Waals surface area contributed by atoms with Gasteiger partial charge in [0.25, 0.3) is 5.91 Å². The number of hydrogen-bond donors (Lipinski definition) is 1. The third-order valence-electron chi connectivity index (χ3n) is 5.53. The minimum atomic E-state index is -0.424. The van der Waals surface area contributed by atoms with Gasteiger partial charge in [0.05, 0.1) is 10.6 Å². The Morgan fingerprint density at radius 2 is 1.70 bits per heavy atom. The fraction of sp³-hybridized carbons (Fsp3) is 0.280. The molecule has 0 aliphatic heterocycles. The highest BCUT2D eigenvalue weighted by Gasteiger charge is 2.16. The molecule has 1 aliphatic rings. The maximum absolute atomic E-state index is 12.7. The summed E-state index contributed by atoms with van der Waals surface area (Å²) >= 11 is 1.40. The first-order chi connectivity index (χ1) is 14.6. The molecule has 1 saturated carbocycles. The van der Waals surface area contributed by atoms with Gasteiger partial charge < -0.3 is 10.1 Å². The fourth-order valence-electron chi connectivity index (χ4n) is 3.99. The van der Waals surface area contributed by atoms with Gasteiger partial charge in [0, 0.05) is 6.92 Å². The first-order valence-electron chi connectivity index (χ1n) is 10.4. The summed E-state index contributed by atoms with van der Waals surface area (Å²) in [5.41, 5.74) is 4.05. The second kappa shape index (κ2) is 9.26. The molecule has 0 spiro atoms. The van der Waals surface area contributed by atoms with Crippen LogP contribution in [-0.4, -0.2) is 11.9 Å². The molecular weight excluding hydrogens is 394 g/mol. The summed E-state index contributed by atoms with van der Waals surface area (Å²) in [6, 6.07) is 17.6. The minimum Gasteiger partial charge on any atom is -0.424 e. The third kappa shape index (κ3) is 4.79. The third-order valence-corrected chi connectivity index (χ3v) is 6.46. The molecule has 5 heteroatoms. The van der Waals surface area contributed by atoms with Gasteiger partial charge in [-0.15, -0.1) is 11.3 Å². The van der Waals surface area contributed by atoms with Crippen molar-refractivity contribution in [3.05, 3.63) is 70.4 Å². The lowest BCUT2D eigenvalue weighted by Gasteiger charge is -2.22. The van der Waals surface area contributed by atoms with E-state index >= 15 is 0 Å². The van der Waals surface area contributed by atoms with E-state index in [1.807, 2.05) is 11.4 Å². The lowest BCUT2D eigenvalue weighted by molar-refractivity contribution is -0.131. The number of carbonyl (C=O) groups excluding carboxylic acids is 2. The van der Waals surface area contributed by atoms with Crippen LogP contribution in [0.5, 0.6) is 5.75 Å². The van der Waals surface area contributed by atoms with Gasteiger partial charge in [0.1, 0.15) is 0 Å². The zero-order valence-electron chi connectivity index (χ0n) is 17.0. The fourth-order valence-corrected chi connectivity index (χ4v) is 4.80. The van der Waals surface area contributed by atoms with Crippen LogP contribution in [-0.2, 0) is 4.79 Å².